The van der Waals surface area contributed by atoms with Crippen LogP contribution in [-0.4, -0.2) is 4.98 Å². The maximum Gasteiger partial charge on any atom is 0.0489 e. The van der Waals surface area contributed by atoms with Gasteiger partial charge in [0.25, 0.3) is 0 Å². The van der Waals surface area contributed by atoms with Crippen molar-refractivity contribution in [1.29, 1.82) is 0 Å². The first-order valence-corrected chi connectivity index (χ1v) is 6.61. The molecule has 0 aliphatic carbocycles. The number of aryl methyl sites for hydroxylation is 1. The van der Waals surface area contributed by atoms with E-state index in [0.29, 0.717) is 5.88 Å². The Balaban J connectivity index is 2.44. The number of hydrogen-bond donors (Lipinski definition) is 0. The monoisotopic (exact) mass is 301 g/mol. The van der Waals surface area contributed by atoms with E-state index in [4.69, 9.17) is 11.6 Å². The summed E-state index contributed by atoms with van der Waals surface area (Å²) in [6.07, 6.45) is 3.67. The van der Waals surface area contributed by atoms with Crippen LogP contribution in [-0.2, 0) is 5.88 Å². The summed E-state index contributed by atoms with van der Waals surface area (Å²) in [6, 6.07) is 4.20. The predicted molar refractivity (Wildman–Crippen MR) is 69.5 cm³/mol. The first-order valence-electron chi connectivity index (χ1n) is 4.47. The predicted octanol–water partition coefficient (Wildman–Crippen LogP) is 4.62. The summed E-state index contributed by atoms with van der Waals surface area (Å²) in [5.74, 6) is 0.506. The summed E-state index contributed by atoms with van der Waals surface area (Å²) in [6.45, 7) is 2.09. The Kier molecular flexibility index (Phi) is 3.44. The lowest BCUT2D eigenvalue weighted by atomic mass is 10.2. The van der Waals surface area contributed by atoms with Crippen molar-refractivity contribution in [2.45, 2.75) is 12.8 Å². The van der Waals surface area contributed by atoms with E-state index in [-0.39, 0.29) is 0 Å². The second-order valence-electron chi connectivity index (χ2n) is 3.23. The molecule has 0 aliphatic heterocycles. The molecule has 0 aliphatic rings. The molecule has 2 aromatic rings. The summed E-state index contributed by atoms with van der Waals surface area (Å²) >= 11 is 11.0. The van der Waals surface area contributed by atoms with Gasteiger partial charge in [-0.1, -0.05) is 0 Å². The van der Waals surface area contributed by atoms with Crippen LogP contribution in [0.15, 0.2) is 29.0 Å². The maximum absolute atomic E-state index is 5.78. The van der Waals surface area contributed by atoms with Crippen molar-refractivity contribution in [1.82, 2.24) is 4.98 Å². The standard InChI is InChI=1S/C11H9BrClNS/c1-7-10(12)3-11(15-7)9-2-8(4-13)5-14-6-9/h2-3,5-6H,4H2,1H3. The number of rotatable bonds is 2. The van der Waals surface area contributed by atoms with Crippen LogP contribution in [0.1, 0.15) is 10.4 Å². The van der Waals surface area contributed by atoms with Gasteiger partial charge in [-0.3, -0.25) is 4.98 Å². The SMILES string of the molecule is Cc1sc(-c2cncc(CCl)c2)cc1Br. The summed E-state index contributed by atoms with van der Waals surface area (Å²) in [5, 5.41) is 0. The van der Waals surface area contributed by atoms with Crippen LogP contribution in [0.25, 0.3) is 10.4 Å². The molecular formula is C11H9BrClNS. The molecule has 2 rings (SSSR count). The van der Waals surface area contributed by atoms with Gasteiger partial charge in [-0.25, -0.2) is 0 Å². The van der Waals surface area contributed by atoms with Gasteiger partial charge in [-0.15, -0.1) is 22.9 Å². The van der Waals surface area contributed by atoms with Crippen LogP contribution >= 0.6 is 38.9 Å². The topological polar surface area (TPSA) is 12.9 Å². The number of pyridine rings is 1. The van der Waals surface area contributed by atoms with E-state index in [1.165, 1.54) is 9.75 Å². The molecule has 0 atom stereocenters. The highest BCUT2D eigenvalue weighted by Crippen LogP contribution is 2.33. The number of alkyl halides is 1. The lowest BCUT2D eigenvalue weighted by Crippen LogP contribution is -1.82. The molecule has 1 nitrogen and oxygen atoms in total. The number of nitrogens with zero attached hydrogens (tertiary/aromatic N) is 1. The molecule has 15 heavy (non-hydrogen) atoms. The van der Waals surface area contributed by atoms with Gasteiger partial charge in [0.15, 0.2) is 0 Å². The first kappa shape index (κ1) is 11.1. The number of aromatic nitrogens is 1. The van der Waals surface area contributed by atoms with Gasteiger partial charge in [0.2, 0.25) is 0 Å². The van der Waals surface area contributed by atoms with Crippen molar-refractivity contribution >= 4 is 38.9 Å². The summed E-state index contributed by atoms with van der Waals surface area (Å²) in [7, 11) is 0. The average molecular weight is 303 g/mol. The van der Waals surface area contributed by atoms with E-state index in [2.05, 4.69) is 40.0 Å². The first-order chi connectivity index (χ1) is 7.20. The largest absolute Gasteiger partial charge is 0.264 e. The number of halogens is 2. The summed E-state index contributed by atoms with van der Waals surface area (Å²) < 4.78 is 1.15. The molecule has 2 heterocycles. The highest BCUT2D eigenvalue weighted by Gasteiger charge is 2.05. The number of hydrogen-bond acceptors (Lipinski definition) is 2. The maximum atomic E-state index is 5.78. The zero-order valence-corrected chi connectivity index (χ0v) is 11.3. The van der Waals surface area contributed by atoms with Gasteiger partial charge >= 0.3 is 0 Å². The molecule has 4 heteroatoms. The summed E-state index contributed by atoms with van der Waals surface area (Å²) in [5.41, 5.74) is 2.18. The van der Waals surface area contributed by atoms with Crippen LogP contribution in [0.4, 0.5) is 0 Å². The van der Waals surface area contributed by atoms with E-state index in [0.717, 1.165) is 15.6 Å². The van der Waals surface area contributed by atoms with Crippen LogP contribution in [0, 0.1) is 6.92 Å². The average Bonchev–Trinajstić information content (AvgIpc) is 2.59. The van der Waals surface area contributed by atoms with Crippen molar-refractivity contribution in [2.24, 2.45) is 0 Å². The fourth-order valence-electron chi connectivity index (χ4n) is 1.30. The zero-order valence-electron chi connectivity index (χ0n) is 8.13. The van der Waals surface area contributed by atoms with Crippen molar-refractivity contribution in [3.05, 3.63) is 39.4 Å². The zero-order chi connectivity index (χ0) is 10.8. The lowest BCUT2D eigenvalue weighted by Gasteiger charge is -1.98. The third-order valence-corrected chi connectivity index (χ3v) is 4.59. The second-order valence-corrected chi connectivity index (χ2v) is 5.61. The fraction of sp³-hybridized carbons (Fsp3) is 0.182. The Morgan fingerprint density at radius 2 is 2.20 bits per heavy atom. The lowest BCUT2D eigenvalue weighted by molar-refractivity contribution is 1.25. The van der Waals surface area contributed by atoms with Gasteiger partial charge in [-0.2, -0.15) is 0 Å². The highest BCUT2D eigenvalue weighted by molar-refractivity contribution is 9.10. The Labute approximate surface area is 106 Å². The van der Waals surface area contributed by atoms with Gasteiger partial charge in [0, 0.05) is 38.1 Å². The van der Waals surface area contributed by atoms with Crippen molar-refractivity contribution < 1.29 is 0 Å². The van der Waals surface area contributed by atoms with Crippen molar-refractivity contribution in [3.8, 4) is 10.4 Å². The molecule has 0 fully saturated rings. The smallest absolute Gasteiger partial charge is 0.0489 e. The molecule has 0 amide bonds. The molecular weight excluding hydrogens is 294 g/mol. The minimum atomic E-state index is 0.506. The van der Waals surface area contributed by atoms with Crippen LogP contribution in [0.2, 0.25) is 0 Å². The molecule has 2 aromatic heterocycles. The Bertz CT molecular complexity index is 462. The molecule has 0 saturated carbocycles. The highest BCUT2D eigenvalue weighted by atomic mass is 79.9. The summed E-state index contributed by atoms with van der Waals surface area (Å²) in [4.78, 5) is 6.68. The normalized spacial score (nSPS) is 10.6. The minimum Gasteiger partial charge on any atom is -0.264 e. The van der Waals surface area contributed by atoms with Gasteiger partial charge in [0.1, 0.15) is 0 Å². The molecule has 0 saturated heterocycles. The molecule has 0 unspecified atom stereocenters. The van der Waals surface area contributed by atoms with E-state index < -0.39 is 0 Å². The second kappa shape index (κ2) is 4.64. The molecule has 0 bridgehead atoms. The molecule has 78 valence electrons. The Morgan fingerprint density at radius 3 is 2.80 bits per heavy atom. The van der Waals surface area contributed by atoms with E-state index in [1.54, 1.807) is 17.5 Å². The van der Waals surface area contributed by atoms with Crippen molar-refractivity contribution in [2.75, 3.05) is 0 Å². The van der Waals surface area contributed by atoms with E-state index in [9.17, 15) is 0 Å². The quantitative estimate of drug-likeness (QED) is 0.738. The molecule has 0 aromatic carbocycles. The molecule has 0 spiro atoms. The Morgan fingerprint density at radius 1 is 1.40 bits per heavy atom. The Hall–Kier alpha value is -0.380. The van der Waals surface area contributed by atoms with Crippen LogP contribution < -0.4 is 0 Å². The molecule has 0 radical (unpaired) electrons. The van der Waals surface area contributed by atoms with Gasteiger partial charge in [-0.05, 0) is 40.5 Å². The van der Waals surface area contributed by atoms with Crippen LogP contribution in [0.5, 0.6) is 0 Å². The fourth-order valence-corrected chi connectivity index (χ4v) is 2.96. The third-order valence-electron chi connectivity index (χ3n) is 2.09. The van der Waals surface area contributed by atoms with E-state index >= 15 is 0 Å². The van der Waals surface area contributed by atoms with E-state index in [1.807, 2.05) is 6.20 Å². The molecule has 0 N–H and O–H groups in total. The van der Waals surface area contributed by atoms with Gasteiger partial charge in [0.05, 0.1) is 0 Å². The third kappa shape index (κ3) is 2.41. The van der Waals surface area contributed by atoms with Crippen molar-refractivity contribution in [3.63, 3.8) is 0 Å². The van der Waals surface area contributed by atoms with Crippen LogP contribution in [0.3, 0.4) is 0 Å². The van der Waals surface area contributed by atoms with Gasteiger partial charge < -0.3 is 0 Å². The minimum absolute atomic E-state index is 0.506. The number of thiophene rings is 1.